The average molecular weight is 288 g/mol. The molecule has 0 amide bonds. The van der Waals surface area contributed by atoms with Gasteiger partial charge in [0.15, 0.2) is 0 Å². The predicted octanol–water partition coefficient (Wildman–Crippen LogP) is 4.12. The Morgan fingerprint density at radius 2 is 1.94 bits per heavy atom. The van der Waals surface area contributed by atoms with Crippen LogP contribution in [0.3, 0.4) is 0 Å². The van der Waals surface area contributed by atoms with Crippen LogP contribution in [0.15, 0.2) is 0 Å². The Kier molecular flexibility index (Phi) is 6.22. The molecular weight excluding hydrogens is 266 g/mol. The number of halogens is 1. The number of anilines is 1. The minimum absolute atomic E-state index is 0.286. The molecule has 1 heterocycles. The molecule has 102 valence electrons. The molecule has 1 atom stereocenters. The zero-order chi connectivity index (χ0) is 13.7. The first-order chi connectivity index (χ1) is 8.45. The minimum atomic E-state index is 0.286. The summed E-state index contributed by atoms with van der Waals surface area (Å²) in [6, 6.07) is 0. The molecule has 0 spiro atoms. The second-order valence-corrected chi connectivity index (χ2v) is 6.40. The van der Waals surface area contributed by atoms with Gasteiger partial charge in [0.25, 0.3) is 0 Å². The summed E-state index contributed by atoms with van der Waals surface area (Å²) in [7, 11) is 0. The van der Waals surface area contributed by atoms with Crippen molar-refractivity contribution in [1.82, 2.24) is 9.97 Å². The largest absolute Gasteiger partial charge is 0.370 e. The molecule has 1 aromatic heterocycles. The number of nitrogens with zero attached hydrogens (tertiary/aromatic N) is 2. The topological polar surface area (TPSA) is 37.8 Å². The fraction of sp³-hybridized carbons (Fsp3) is 0.692. The van der Waals surface area contributed by atoms with E-state index in [0.29, 0.717) is 10.4 Å². The normalized spacial score (nSPS) is 12.8. The fourth-order valence-corrected chi connectivity index (χ4v) is 1.98. The Bertz CT molecular complexity index is 396. The third-order valence-electron chi connectivity index (χ3n) is 2.87. The second-order valence-electron chi connectivity index (χ2n) is 4.76. The lowest BCUT2D eigenvalue weighted by Crippen LogP contribution is -2.12. The van der Waals surface area contributed by atoms with E-state index in [1.165, 1.54) is 0 Å². The Hall–Kier alpha value is -0.480. The molecule has 1 N–H and O–H groups in total. The van der Waals surface area contributed by atoms with Gasteiger partial charge in [-0.05, 0) is 19.6 Å². The summed E-state index contributed by atoms with van der Waals surface area (Å²) < 4.78 is 0. The van der Waals surface area contributed by atoms with Crippen LogP contribution >= 0.6 is 23.4 Å². The highest BCUT2D eigenvalue weighted by Crippen LogP contribution is 2.23. The van der Waals surface area contributed by atoms with E-state index >= 15 is 0 Å². The van der Waals surface area contributed by atoms with Gasteiger partial charge in [-0.15, -0.1) is 0 Å². The molecule has 0 radical (unpaired) electrons. The monoisotopic (exact) mass is 287 g/mol. The zero-order valence-corrected chi connectivity index (χ0v) is 13.3. The van der Waals surface area contributed by atoms with Gasteiger partial charge >= 0.3 is 0 Å². The number of hydrogen-bond donors (Lipinski definition) is 1. The predicted molar refractivity (Wildman–Crippen MR) is 82.0 cm³/mol. The molecule has 0 fully saturated rings. The molecular formula is C13H22ClN3S. The van der Waals surface area contributed by atoms with Crippen molar-refractivity contribution >= 4 is 29.2 Å². The number of thioether (sulfide) groups is 1. The Morgan fingerprint density at radius 3 is 2.50 bits per heavy atom. The van der Waals surface area contributed by atoms with Gasteiger partial charge in [-0.2, -0.15) is 11.8 Å². The van der Waals surface area contributed by atoms with E-state index in [-0.39, 0.29) is 5.92 Å². The van der Waals surface area contributed by atoms with Crippen LogP contribution in [-0.2, 0) is 0 Å². The molecule has 0 saturated heterocycles. The van der Waals surface area contributed by atoms with E-state index in [0.717, 1.165) is 30.2 Å². The van der Waals surface area contributed by atoms with Gasteiger partial charge in [0, 0.05) is 23.3 Å². The Labute approximate surface area is 119 Å². The lowest BCUT2D eigenvalue weighted by atomic mass is 10.2. The van der Waals surface area contributed by atoms with Gasteiger partial charge in [0.2, 0.25) is 0 Å². The summed E-state index contributed by atoms with van der Waals surface area (Å²) in [4.78, 5) is 8.84. The number of nitrogens with one attached hydrogen (secondary N) is 1. The van der Waals surface area contributed by atoms with Crippen molar-refractivity contribution in [2.24, 2.45) is 0 Å². The van der Waals surface area contributed by atoms with Crippen LogP contribution in [0.5, 0.6) is 0 Å². The molecule has 18 heavy (non-hydrogen) atoms. The van der Waals surface area contributed by atoms with Crippen molar-refractivity contribution in [3.05, 3.63) is 16.5 Å². The first kappa shape index (κ1) is 15.6. The molecule has 0 saturated carbocycles. The standard InChI is InChI=1S/C13H22ClN3S/c1-8(2)12-16-11(14)10(4)13(17-12)15-7-6-9(3)18-5/h8-9H,6-7H2,1-5H3,(H,15,16,17). The van der Waals surface area contributed by atoms with Crippen LogP contribution in [0.2, 0.25) is 5.15 Å². The molecule has 1 rings (SSSR count). The SMILES string of the molecule is CSC(C)CCNc1nc(C(C)C)nc(Cl)c1C. The summed E-state index contributed by atoms with van der Waals surface area (Å²) in [5.74, 6) is 1.95. The van der Waals surface area contributed by atoms with E-state index < -0.39 is 0 Å². The maximum absolute atomic E-state index is 6.14. The lowest BCUT2D eigenvalue weighted by molar-refractivity contribution is 0.768. The second kappa shape index (κ2) is 7.19. The van der Waals surface area contributed by atoms with Gasteiger partial charge in [-0.1, -0.05) is 32.4 Å². The molecule has 0 aliphatic rings. The van der Waals surface area contributed by atoms with Gasteiger partial charge in [0.05, 0.1) is 0 Å². The van der Waals surface area contributed by atoms with Crippen LogP contribution < -0.4 is 5.32 Å². The lowest BCUT2D eigenvalue weighted by Gasteiger charge is -2.14. The van der Waals surface area contributed by atoms with Crippen molar-refractivity contribution in [3.63, 3.8) is 0 Å². The van der Waals surface area contributed by atoms with Gasteiger partial charge in [-0.3, -0.25) is 0 Å². The third-order valence-corrected chi connectivity index (χ3v) is 4.27. The van der Waals surface area contributed by atoms with Crippen molar-refractivity contribution < 1.29 is 0 Å². The first-order valence-electron chi connectivity index (χ1n) is 6.26. The van der Waals surface area contributed by atoms with Crippen LogP contribution in [0.1, 0.15) is 44.5 Å². The van der Waals surface area contributed by atoms with E-state index in [1.54, 1.807) is 0 Å². The first-order valence-corrected chi connectivity index (χ1v) is 7.93. The molecule has 0 bridgehead atoms. The Balaban J connectivity index is 2.75. The quantitative estimate of drug-likeness (QED) is 0.799. The summed E-state index contributed by atoms with van der Waals surface area (Å²) in [6.07, 6.45) is 3.24. The van der Waals surface area contributed by atoms with Gasteiger partial charge in [0.1, 0.15) is 16.8 Å². The number of rotatable bonds is 6. The van der Waals surface area contributed by atoms with E-state index in [2.05, 4.69) is 42.3 Å². The molecule has 5 heteroatoms. The minimum Gasteiger partial charge on any atom is -0.370 e. The fourth-order valence-electron chi connectivity index (χ4n) is 1.45. The van der Waals surface area contributed by atoms with E-state index in [4.69, 9.17) is 11.6 Å². The summed E-state index contributed by atoms with van der Waals surface area (Å²) >= 11 is 8.01. The maximum Gasteiger partial charge on any atom is 0.137 e. The number of aromatic nitrogens is 2. The van der Waals surface area contributed by atoms with Crippen LogP contribution in [0.25, 0.3) is 0 Å². The maximum atomic E-state index is 6.14. The summed E-state index contributed by atoms with van der Waals surface area (Å²) in [6.45, 7) is 9.23. The average Bonchev–Trinajstić information content (AvgIpc) is 2.33. The van der Waals surface area contributed by atoms with Crippen LogP contribution in [0, 0.1) is 6.92 Å². The van der Waals surface area contributed by atoms with Crippen LogP contribution in [0.4, 0.5) is 5.82 Å². The van der Waals surface area contributed by atoms with Crippen LogP contribution in [-0.4, -0.2) is 28.0 Å². The zero-order valence-electron chi connectivity index (χ0n) is 11.7. The molecule has 0 aromatic carbocycles. The van der Waals surface area contributed by atoms with Crippen molar-refractivity contribution in [1.29, 1.82) is 0 Å². The highest BCUT2D eigenvalue weighted by atomic mass is 35.5. The van der Waals surface area contributed by atoms with E-state index in [9.17, 15) is 0 Å². The van der Waals surface area contributed by atoms with Gasteiger partial charge < -0.3 is 5.32 Å². The molecule has 1 unspecified atom stereocenters. The molecule has 1 aromatic rings. The molecule has 0 aliphatic carbocycles. The highest BCUT2D eigenvalue weighted by Gasteiger charge is 2.11. The van der Waals surface area contributed by atoms with Crippen molar-refractivity contribution in [2.75, 3.05) is 18.1 Å². The molecule has 3 nitrogen and oxygen atoms in total. The summed E-state index contributed by atoms with van der Waals surface area (Å²) in [5, 5.41) is 4.57. The van der Waals surface area contributed by atoms with Crippen molar-refractivity contribution in [3.8, 4) is 0 Å². The van der Waals surface area contributed by atoms with Gasteiger partial charge in [-0.25, -0.2) is 9.97 Å². The highest BCUT2D eigenvalue weighted by molar-refractivity contribution is 7.99. The Morgan fingerprint density at radius 1 is 1.28 bits per heavy atom. The smallest absolute Gasteiger partial charge is 0.137 e. The van der Waals surface area contributed by atoms with Crippen molar-refractivity contribution in [2.45, 2.75) is 45.3 Å². The van der Waals surface area contributed by atoms with E-state index in [1.807, 2.05) is 18.7 Å². The third kappa shape index (κ3) is 4.32. The summed E-state index contributed by atoms with van der Waals surface area (Å²) in [5.41, 5.74) is 0.929. The number of hydrogen-bond acceptors (Lipinski definition) is 4. The molecule has 0 aliphatic heterocycles.